The molecular weight excluding hydrogens is 293 g/mol. The molecule has 1 N–H and O–H groups in total. The number of halogens is 3. The highest BCUT2D eigenvalue weighted by Gasteiger charge is 2.36. The second kappa shape index (κ2) is 6.05. The maximum absolute atomic E-state index is 12.1. The van der Waals surface area contributed by atoms with Crippen LogP contribution in [0.15, 0.2) is 54.6 Å². The molecule has 2 rings (SSSR count). The zero-order chi connectivity index (χ0) is 16.3. The van der Waals surface area contributed by atoms with Crippen molar-refractivity contribution >= 4 is 11.5 Å². The van der Waals surface area contributed by atoms with Gasteiger partial charge in [-0.1, -0.05) is 54.1 Å². The molecule has 5 heteroatoms. The van der Waals surface area contributed by atoms with Gasteiger partial charge in [-0.25, -0.2) is 0 Å². The van der Waals surface area contributed by atoms with Crippen molar-refractivity contribution in [3.8, 4) is 11.1 Å². The van der Waals surface area contributed by atoms with Crippen molar-refractivity contribution in [3.63, 3.8) is 0 Å². The van der Waals surface area contributed by atoms with Crippen LogP contribution in [-0.4, -0.2) is 17.1 Å². The van der Waals surface area contributed by atoms with E-state index in [1.165, 1.54) is 12.1 Å². The van der Waals surface area contributed by atoms with Gasteiger partial charge in [0.1, 0.15) is 5.76 Å². The van der Waals surface area contributed by atoms with Gasteiger partial charge in [0.2, 0.25) is 0 Å². The van der Waals surface area contributed by atoms with Gasteiger partial charge in [0.15, 0.2) is 0 Å². The second-order valence-electron chi connectivity index (χ2n) is 4.84. The number of allylic oxidation sites excluding steroid dienone is 1. The third kappa shape index (κ3) is 3.75. The Labute approximate surface area is 125 Å². The van der Waals surface area contributed by atoms with Gasteiger partial charge < -0.3 is 5.11 Å². The van der Waals surface area contributed by atoms with Crippen molar-refractivity contribution in [1.29, 1.82) is 0 Å². The Morgan fingerprint density at radius 1 is 1.05 bits per heavy atom. The topological polar surface area (TPSA) is 37.3 Å². The van der Waals surface area contributed by atoms with Gasteiger partial charge >= 0.3 is 6.18 Å². The lowest BCUT2D eigenvalue weighted by atomic mass is 10.0. The molecule has 0 saturated heterocycles. The first-order valence-corrected chi connectivity index (χ1v) is 6.46. The molecule has 0 heterocycles. The Bertz CT molecular complexity index is 713. The molecule has 22 heavy (non-hydrogen) atoms. The summed E-state index contributed by atoms with van der Waals surface area (Å²) < 4.78 is 36.4. The monoisotopic (exact) mass is 306 g/mol. The summed E-state index contributed by atoms with van der Waals surface area (Å²) in [5.74, 6) is -2.80. The zero-order valence-electron chi connectivity index (χ0n) is 11.7. The van der Waals surface area contributed by atoms with Crippen LogP contribution in [0.2, 0.25) is 0 Å². The van der Waals surface area contributed by atoms with Gasteiger partial charge in [-0.2, -0.15) is 13.2 Å². The molecule has 0 atom stereocenters. The smallest absolute Gasteiger partial charge is 0.454 e. The summed E-state index contributed by atoms with van der Waals surface area (Å²) in [5.41, 5.74) is 3.05. The van der Waals surface area contributed by atoms with E-state index in [4.69, 9.17) is 0 Å². The normalized spacial score (nSPS) is 12.3. The Morgan fingerprint density at radius 2 is 1.68 bits per heavy atom. The SMILES string of the molecule is Cc1cccc(-c2ccc(C(O)=CC(=O)C(F)(F)F)cc2)c1. The molecule has 0 unspecified atom stereocenters. The molecular formula is C17H13F3O2. The number of benzene rings is 2. The lowest BCUT2D eigenvalue weighted by molar-refractivity contribution is -0.165. The highest BCUT2D eigenvalue weighted by Crippen LogP contribution is 2.24. The van der Waals surface area contributed by atoms with Gasteiger partial charge in [0.25, 0.3) is 5.78 Å². The first kappa shape index (κ1) is 15.8. The van der Waals surface area contributed by atoms with Gasteiger partial charge in [-0.3, -0.25) is 4.79 Å². The number of aryl methyl sites for hydroxylation is 1. The van der Waals surface area contributed by atoms with Crippen molar-refractivity contribution in [2.24, 2.45) is 0 Å². The number of alkyl halides is 3. The summed E-state index contributed by atoms with van der Waals surface area (Å²) in [6.45, 7) is 1.95. The molecule has 0 aliphatic rings. The quantitative estimate of drug-likeness (QED) is 0.659. The first-order chi connectivity index (χ1) is 10.3. The standard InChI is InChI=1S/C17H13F3O2/c1-11-3-2-4-14(9-11)12-5-7-13(8-6-12)15(21)10-16(22)17(18,19)20/h2-10,21H,1H3. The van der Waals surface area contributed by atoms with E-state index < -0.39 is 17.7 Å². The predicted octanol–water partition coefficient (Wildman–Crippen LogP) is 4.69. The highest BCUT2D eigenvalue weighted by molar-refractivity contribution is 5.99. The average molecular weight is 306 g/mol. The van der Waals surface area contributed by atoms with Crippen LogP contribution in [0, 0.1) is 6.92 Å². The lowest BCUT2D eigenvalue weighted by Crippen LogP contribution is -2.20. The molecule has 0 fully saturated rings. The minimum atomic E-state index is -4.99. The van der Waals surface area contributed by atoms with Crippen LogP contribution < -0.4 is 0 Å². The van der Waals surface area contributed by atoms with Crippen molar-refractivity contribution in [2.45, 2.75) is 13.1 Å². The fourth-order valence-corrected chi connectivity index (χ4v) is 1.95. The molecule has 2 aromatic rings. The van der Waals surface area contributed by atoms with Crippen LogP contribution in [0.25, 0.3) is 16.9 Å². The van der Waals surface area contributed by atoms with Gasteiger partial charge in [-0.05, 0) is 18.1 Å². The third-order valence-corrected chi connectivity index (χ3v) is 3.08. The van der Waals surface area contributed by atoms with Gasteiger partial charge in [-0.15, -0.1) is 0 Å². The van der Waals surface area contributed by atoms with E-state index in [0.29, 0.717) is 0 Å². The summed E-state index contributed by atoms with van der Waals surface area (Å²) in [4.78, 5) is 10.8. The number of hydrogen-bond acceptors (Lipinski definition) is 2. The first-order valence-electron chi connectivity index (χ1n) is 6.46. The third-order valence-electron chi connectivity index (χ3n) is 3.08. The van der Waals surface area contributed by atoms with Crippen molar-refractivity contribution < 1.29 is 23.1 Å². The Kier molecular flexibility index (Phi) is 4.35. The van der Waals surface area contributed by atoms with Crippen LogP contribution >= 0.6 is 0 Å². The Morgan fingerprint density at radius 3 is 2.23 bits per heavy atom. The summed E-state index contributed by atoms with van der Waals surface area (Å²) >= 11 is 0. The number of ketones is 1. The molecule has 114 valence electrons. The number of hydrogen-bond donors (Lipinski definition) is 1. The lowest BCUT2D eigenvalue weighted by Gasteiger charge is -2.06. The van der Waals surface area contributed by atoms with E-state index in [0.717, 1.165) is 16.7 Å². The van der Waals surface area contributed by atoms with E-state index in [-0.39, 0.29) is 11.6 Å². The van der Waals surface area contributed by atoms with E-state index in [2.05, 4.69) is 0 Å². The van der Waals surface area contributed by atoms with Crippen LogP contribution in [0.1, 0.15) is 11.1 Å². The molecule has 2 aromatic carbocycles. The number of aliphatic hydroxyl groups excluding tert-OH is 1. The predicted molar refractivity (Wildman–Crippen MR) is 78.3 cm³/mol. The van der Waals surface area contributed by atoms with Gasteiger partial charge in [0.05, 0.1) is 0 Å². The van der Waals surface area contributed by atoms with Crippen molar-refractivity contribution in [3.05, 3.63) is 65.7 Å². The van der Waals surface area contributed by atoms with E-state index in [1.807, 2.05) is 31.2 Å². The minimum absolute atomic E-state index is 0.147. The van der Waals surface area contributed by atoms with Gasteiger partial charge in [0, 0.05) is 11.6 Å². The number of carbonyl (C=O) groups excluding carboxylic acids is 1. The second-order valence-corrected chi connectivity index (χ2v) is 4.84. The Balaban J connectivity index is 2.26. The molecule has 0 saturated carbocycles. The van der Waals surface area contributed by atoms with Crippen molar-refractivity contribution in [1.82, 2.24) is 0 Å². The van der Waals surface area contributed by atoms with Crippen LogP contribution in [0.3, 0.4) is 0 Å². The van der Waals surface area contributed by atoms with Crippen molar-refractivity contribution in [2.75, 3.05) is 0 Å². The fourth-order valence-electron chi connectivity index (χ4n) is 1.95. The number of rotatable bonds is 3. The van der Waals surface area contributed by atoms with Crippen LogP contribution in [0.4, 0.5) is 13.2 Å². The Hall–Kier alpha value is -2.56. The molecule has 0 aromatic heterocycles. The summed E-state index contributed by atoms with van der Waals surface area (Å²) in [6, 6.07) is 14.0. The highest BCUT2D eigenvalue weighted by atomic mass is 19.4. The maximum Gasteiger partial charge on any atom is 0.454 e. The molecule has 0 bridgehead atoms. The zero-order valence-corrected chi connectivity index (χ0v) is 11.7. The number of carbonyl (C=O) groups is 1. The summed E-state index contributed by atoms with van der Waals surface area (Å²) in [7, 11) is 0. The molecule has 0 spiro atoms. The molecule has 0 amide bonds. The number of aliphatic hydroxyl groups is 1. The van der Waals surface area contributed by atoms with E-state index >= 15 is 0 Å². The van der Waals surface area contributed by atoms with E-state index in [9.17, 15) is 23.1 Å². The fraction of sp³-hybridized carbons (Fsp3) is 0.118. The average Bonchev–Trinajstić information content (AvgIpc) is 2.46. The molecule has 0 aliphatic carbocycles. The minimum Gasteiger partial charge on any atom is -0.507 e. The van der Waals surface area contributed by atoms with E-state index in [1.54, 1.807) is 12.1 Å². The molecule has 0 aliphatic heterocycles. The van der Waals surface area contributed by atoms with Crippen LogP contribution in [-0.2, 0) is 4.79 Å². The summed E-state index contributed by atoms with van der Waals surface area (Å²) in [6.07, 6.45) is -4.81. The molecule has 0 radical (unpaired) electrons. The summed E-state index contributed by atoms with van der Waals surface area (Å²) in [5, 5.41) is 9.60. The largest absolute Gasteiger partial charge is 0.507 e. The van der Waals surface area contributed by atoms with Crippen LogP contribution in [0.5, 0.6) is 0 Å². The maximum atomic E-state index is 12.1. The molecule has 2 nitrogen and oxygen atoms in total.